The highest BCUT2D eigenvalue weighted by Gasteiger charge is 2.26. The molecule has 2 heteroatoms. The van der Waals surface area contributed by atoms with Crippen molar-refractivity contribution in [3.63, 3.8) is 0 Å². The molecule has 2 N–H and O–H groups in total. The average Bonchev–Trinajstić information content (AvgIpc) is 2.61. The van der Waals surface area contributed by atoms with Crippen molar-refractivity contribution in [3.8, 4) is 5.75 Å². The van der Waals surface area contributed by atoms with Gasteiger partial charge in [0.15, 0.2) is 0 Å². The van der Waals surface area contributed by atoms with E-state index in [9.17, 15) is 0 Å². The molecule has 0 saturated heterocycles. The first-order valence-electron chi connectivity index (χ1n) is 5.86. The summed E-state index contributed by atoms with van der Waals surface area (Å²) in [7, 11) is 0. The molecule has 0 radical (unpaired) electrons. The van der Waals surface area contributed by atoms with E-state index < -0.39 is 0 Å². The highest BCUT2D eigenvalue weighted by Crippen LogP contribution is 2.37. The van der Waals surface area contributed by atoms with Crippen molar-refractivity contribution in [2.24, 2.45) is 11.7 Å². The highest BCUT2D eigenvalue weighted by atomic mass is 16.5. The maximum atomic E-state index is 6.25. The van der Waals surface area contributed by atoms with Gasteiger partial charge in [-0.25, -0.2) is 0 Å². The molecule has 80 valence electrons. The zero-order chi connectivity index (χ0) is 10.3. The van der Waals surface area contributed by atoms with Crippen molar-refractivity contribution < 1.29 is 4.74 Å². The molecule has 1 aromatic carbocycles. The summed E-state index contributed by atoms with van der Waals surface area (Å²) in [5.74, 6) is 1.77. The lowest BCUT2D eigenvalue weighted by atomic mass is 9.77. The molecule has 15 heavy (non-hydrogen) atoms. The monoisotopic (exact) mass is 203 g/mol. The van der Waals surface area contributed by atoms with Crippen molar-refractivity contribution in [3.05, 3.63) is 29.3 Å². The van der Waals surface area contributed by atoms with Crippen molar-refractivity contribution >= 4 is 0 Å². The van der Waals surface area contributed by atoms with Crippen molar-refractivity contribution in [2.45, 2.75) is 31.7 Å². The Labute approximate surface area is 90.4 Å². The van der Waals surface area contributed by atoms with Crippen LogP contribution in [0.4, 0.5) is 0 Å². The van der Waals surface area contributed by atoms with E-state index in [4.69, 9.17) is 10.5 Å². The smallest absolute Gasteiger partial charge is 0.122 e. The molecule has 1 atom stereocenters. The number of nitrogens with two attached hydrogens (primary N) is 1. The number of hydrogen-bond donors (Lipinski definition) is 1. The van der Waals surface area contributed by atoms with Gasteiger partial charge < -0.3 is 10.5 Å². The summed E-state index contributed by atoms with van der Waals surface area (Å²) in [6.07, 6.45) is 5.00. The third-order valence-corrected chi connectivity index (χ3v) is 3.76. The van der Waals surface area contributed by atoms with Crippen molar-refractivity contribution in [1.29, 1.82) is 0 Å². The second-order valence-electron chi connectivity index (χ2n) is 4.68. The van der Waals surface area contributed by atoms with Crippen molar-refractivity contribution in [1.82, 2.24) is 0 Å². The summed E-state index contributed by atoms with van der Waals surface area (Å²) in [6, 6.07) is 6.69. The summed E-state index contributed by atoms with van der Waals surface area (Å²) < 4.78 is 5.49. The molecule has 1 saturated carbocycles. The fraction of sp³-hybridized carbons (Fsp3) is 0.538. The van der Waals surface area contributed by atoms with E-state index in [0.29, 0.717) is 5.92 Å². The van der Waals surface area contributed by atoms with Crippen LogP contribution in [0.25, 0.3) is 0 Å². The Bertz CT molecular complexity index is 371. The number of hydrogen-bond acceptors (Lipinski definition) is 2. The quantitative estimate of drug-likeness (QED) is 0.801. The summed E-state index contributed by atoms with van der Waals surface area (Å²) in [6.45, 7) is 0.831. The van der Waals surface area contributed by atoms with Crippen LogP contribution in [-0.2, 0) is 6.42 Å². The van der Waals surface area contributed by atoms with Gasteiger partial charge in [0.1, 0.15) is 5.75 Å². The Balaban J connectivity index is 1.85. The number of benzene rings is 1. The maximum Gasteiger partial charge on any atom is 0.122 e. The lowest BCUT2D eigenvalue weighted by Crippen LogP contribution is -2.26. The first-order chi connectivity index (χ1) is 7.34. The van der Waals surface area contributed by atoms with Crippen molar-refractivity contribution in [2.75, 3.05) is 6.61 Å². The Morgan fingerprint density at radius 3 is 2.93 bits per heavy atom. The van der Waals surface area contributed by atoms with E-state index in [1.54, 1.807) is 0 Å². The van der Waals surface area contributed by atoms with Crippen LogP contribution in [0.3, 0.4) is 0 Å². The molecule has 1 unspecified atom stereocenters. The molecule has 1 aromatic rings. The van der Waals surface area contributed by atoms with E-state index in [2.05, 4.69) is 18.2 Å². The number of ether oxygens (including phenoxy) is 1. The van der Waals surface area contributed by atoms with Crippen LogP contribution in [-0.4, -0.2) is 6.61 Å². The SMILES string of the molecule is NC(c1ccc2c(c1)CCO2)C1CCC1. The minimum Gasteiger partial charge on any atom is -0.493 e. The second-order valence-corrected chi connectivity index (χ2v) is 4.68. The van der Waals surface area contributed by atoms with E-state index in [-0.39, 0.29) is 6.04 Å². The van der Waals surface area contributed by atoms with Crippen LogP contribution in [0.2, 0.25) is 0 Å². The van der Waals surface area contributed by atoms with E-state index in [1.165, 1.54) is 30.4 Å². The highest BCUT2D eigenvalue weighted by molar-refractivity contribution is 5.40. The molecule has 0 spiro atoms. The summed E-state index contributed by atoms with van der Waals surface area (Å²) in [5.41, 5.74) is 8.88. The Morgan fingerprint density at radius 2 is 2.20 bits per heavy atom. The van der Waals surface area contributed by atoms with E-state index >= 15 is 0 Å². The Morgan fingerprint density at radius 1 is 1.33 bits per heavy atom. The summed E-state index contributed by atoms with van der Waals surface area (Å²) in [5, 5.41) is 0. The fourth-order valence-corrected chi connectivity index (χ4v) is 2.48. The Kier molecular flexibility index (Phi) is 2.17. The van der Waals surface area contributed by atoms with Gasteiger partial charge in [0.05, 0.1) is 6.61 Å². The van der Waals surface area contributed by atoms with Gasteiger partial charge in [-0.2, -0.15) is 0 Å². The molecule has 1 heterocycles. The van der Waals surface area contributed by atoms with Gasteiger partial charge in [-0.05, 0) is 36.0 Å². The van der Waals surface area contributed by atoms with Crippen LogP contribution in [0, 0.1) is 5.92 Å². The van der Waals surface area contributed by atoms with E-state index in [1.807, 2.05) is 0 Å². The van der Waals surface area contributed by atoms with Crippen LogP contribution < -0.4 is 10.5 Å². The van der Waals surface area contributed by atoms with Crippen LogP contribution in [0.1, 0.15) is 36.4 Å². The fourth-order valence-electron chi connectivity index (χ4n) is 2.48. The zero-order valence-corrected chi connectivity index (χ0v) is 8.91. The third-order valence-electron chi connectivity index (χ3n) is 3.76. The molecule has 2 nitrogen and oxygen atoms in total. The van der Waals surface area contributed by atoms with Crippen LogP contribution in [0.15, 0.2) is 18.2 Å². The lowest BCUT2D eigenvalue weighted by Gasteiger charge is -2.31. The Hall–Kier alpha value is -1.02. The molecule has 0 aromatic heterocycles. The molecule has 1 aliphatic carbocycles. The van der Waals surface area contributed by atoms with Gasteiger partial charge in [0, 0.05) is 12.5 Å². The molecule has 1 fully saturated rings. The molecular weight excluding hydrogens is 186 g/mol. The van der Waals surface area contributed by atoms with Crippen LogP contribution >= 0.6 is 0 Å². The van der Waals surface area contributed by atoms with Gasteiger partial charge in [-0.1, -0.05) is 18.6 Å². The van der Waals surface area contributed by atoms with Gasteiger partial charge in [0.2, 0.25) is 0 Å². The predicted octanol–water partition coefficient (Wildman–Crippen LogP) is 2.42. The molecule has 0 amide bonds. The third kappa shape index (κ3) is 1.53. The first kappa shape index (κ1) is 9.22. The maximum absolute atomic E-state index is 6.25. The minimum atomic E-state index is 0.240. The zero-order valence-electron chi connectivity index (χ0n) is 8.91. The minimum absolute atomic E-state index is 0.240. The molecule has 3 rings (SSSR count). The molecule has 2 aliphatic rings. The first-order valence-corrected chi connectivity index (χ1v) is 5.86. The average molecular weight is 203 g/mol. The molecular formula is C13H17NO. The lowest BCUT2D eigenvalue weighted by molar-refractivity contribution is 0.264. The number of rotatable bonds is 2. The van der Waals surface area contributed by atoms with Gasteiger partial charge in [0.25, 0.3) is 0 Å². The second kappa shape index (κ2) is 3.53. The summed E-state index contributed by atoms with van der Waals surface area (Å²) in [4.78, 5) is 0. The van der Waals surface area contributed by atoms with Gasteiger partial charge in [-0.3, -0.25) is 0 Å². The van der Waals surface area contributed by atoms with Gasteiger partial charge in [-0.15, -0.1) is 0 Å². The normalized spacial score (nSPS) is 21.7. The molecule has 0 bridgehead atoms. The topological polar surface area (TPSA) is 35.2 Å². The number of fused-ring (bicyclic) bond motifs is 1. The predicted molar refractivity (Wildman–Crippen MR) is 59.9 cm³/mol. The van der Waals surface area contributed by atoms with Crippen LogP contribution in [0.5, 0.6) is 5.75 Å². The van der Waals surface area contributed by atoms with Gasteiger partial charge >= 0.3 is 0 Å². The van der Waals surface area contributed by atoms with E-state index in [0.717, 1.165) is 18.8 Å². The molecule has 1 aliphatic heterocycles. The summed E-state index contributed by atoms with van der Waals surface area (Å²) >= 11 is 0. The largest absolute Gasteiger partial charge is 0.493 e. The standard InChI is InChI=1S/C13H17NO/c14-13(9-2-1-3-9)11-4-5-12-10(8-11)6-7-15-12/h4-5,8-9,13H,1-3,6-7,14H2.